The van der Waals surface area contributed by atoms with Gasteiger partial charge in [-0.1, -0.05) is 18.6 Å². The van der Waals surface area contributed by atoms with Crippen molar-refractivity contribution in [2.24, 2.45) is 17.6 Å². The van der Waals surface area contributed by atoms with Gasteiger partial charge in [0, 0.05) is 12.5 Å². The SMILES string of the molecule is CC(C)=CCCC(C)CN1CCC(C(N)=O)CC1. The van der Waals surface area contributed by atoms with Gasteiger partial charge in [0.1, 0.15) is 0 Å². The number of amides is 1. The lowest BCUT2D eigenvalue weighted by molar-refractivity contribution is -0.123. The molecule has 1 atom stereocenters. The Bertz CT molecular complexity index is 287. The summed E-state index contributed by atoms with van der Waals surface area (Å²) in [5.41, 5.74) is 6.75. The van der Waals surface area contributed by atoms with Crippen molar-refractivity contribution in [1.82, 2.24) is 4.90 Å². The topological polar surface area (TPSA) is 46.3 Å². The molecule has 18 heavy (non-hydrogen) atoms. The second kappa shape index (κ2) is 7.57. The standard InChI is InChI=1S/C15H28N2O/c1-12(2)5-4-6-13(3)11-17-9-7-14(8-10-17)15(16)18/h5,13-14H,4,6-11H2,1-3H3,(H2,16,18). The molecule has 1 amide bonds. The lowest BCUT2D eigenvalue weighted by Gasteiger charge is -2.32. The Morgan fingerprint density at radius 2 is 2.00 bits per heavy atom. The van der Waals surface area contributed by atoms with Crippen LogP contribution in [0.3, 0.4) is 0 Å². The number of hydrogen-bond acceptors (Lipinski definition) is 2. The van der Waals surface area contributed by atoms with E-state index in [2.05, 4.69) is 31.7 Å². The number of likely N-dealkylation sites (tertiary alicyclic amines) is 1. The van der Waals surface area contributed by atoms with Crippen molar-refractivity contribution in [3.63, 3.8) is 0 Å². The predicted molar refractivity (Wildman–Crippen MR) is 76.2 cm³/mol. The highest BCUT2D eigenvalue weighted by molar-refractivity contribution is 5.76. The van der Waals surface area contributed by atoms with Gasteiger partial charge in [-0.15, -0.1) is 0 Å². The number of carbonyl (C=O) groups is 1. The lowest BCUT2D eigenvalue weighted by Crippen LogP contribution is -2.40. The van der Waals surface area contributed by atoms with Crippen molar-refractivity contribution in [1.29, 1.82) is 0 Å². The maximum atomic E-state index is 11.1. The van der Waals surface area contributed by atoms with E-state index in [-0.39, 0.29) is 11.8 Å². The van der Waals surface area contributed by atoms with Crippen LogP contribution < -0.4 is 5.73 Å². The average molecular weight is 252 g/mol. The van der Waals surface area contributed by atoms with Crippen LogP contribution in [0.5, 0.6) is 0 Å². The first-order chi connectivity index (χ1) is 8.49. The highest BCUT2D eigenvalue weighted by Crippen LogP contribution is 2.19. The largest absolute Gasteiger partial charge is 0.369 e. The quantitative estimate of drug-likeness (QED) is 0.739. The summed E-state index contributed by atoms with van der Waals surface area (Å²) in [5, 5.41) is 0. The van der Waals surface area contributed by atoms with Crippen molar-refractivity contribution in [3.8, 4) is 0 Å². The van der Waals surface area contributed by atoms with Crippen LogP contribution in [0.1, 0.15) is 46.5 Å². The zero-order valence-electron chi connectivity index (χ0n) is 12.1. The highest BCUT2D eigenvalue weighted by Gasteiger charge is 2.23. The van der Waals surface area contributed by atoms with Crippen LogP contribution in [-0.4, -0.2) is 30.4 Å². The van der Waals surface area contributed by atoms with Gasteiger partial charge in [-0.05, 0) is 58.5 Å². The number of rotatable bonds is 6. The number of nitrogens with two attached hydrogens (primary N) is 1. The third-order valence-corrected chi connectivity index (χ3v) is 3.77. The molecule has 1 rings (SSSR count). The van der Waals surface area contributed by atoms with Crippen LogP contribution in [0.15, 0.2) is 11.6 Å². The van der Waals surface area contributed by atoms with Gasteiger partial charge < -0.3 is 10.6 Å². The zero-order chi connectivity index (χ0) is 13.5. The molecule has 0 aromatic carbocycles. The number of piperidine rings is 1. The molecular weight excluding hydrogens is 224 g/mol. The Balaban J connectivity index is 2.20. The first kappa shape index (κ1) is 15.2. The van der Waals surface area contributed by atoms with E-state index in [1.165, 1.54) is 18.4 Å². The van der Waals surface area contributed by atoms with Crippen molar-refractivity contribution >= 4 is 5.91 Å². The summed E-state index contributed by atoms with van der Waals surface area (Å²) >= 11 is 0. The van der Waals surface area contributed by atoms with E-state index in [0.717, 1.165) is 38.4 Å². The Kier molecular flexibility index (Phi) is 6.41. The van der Waals surface area contributed by atoms with E-state index >= 15 is 0 Å². The molecule has 3 heteroatoms. The molecule has 1 aliphatic heterocycles. The van der Waals surface area contributed by atoms with Gasteiger partial charge in [-0.25, -0.2) is 0 Å². The zero-order valence-corrected chi connectivity index (χ0v) is 12.1. The van der Waals surface area contributed by atoms with Gasteiger partial charge in [0.05, 0.1) is 0 Å². The fourth-order valence-corrected chi connectivity index (χ4v) is 2.59. The molecule has 0 aliphatic carbocycles. The van der Waals surface area contributed by atoms with Crippen LogP contribution in [0.2, 0.25) is 0 Å². The Morgan fingerprint density at radius 1 is 1.39 bits per heavy atom. The third-order valence-electron chi connectivity index (χ3n) is 3.77. The van der Waals surface area contributed by atoms with E-state index in [9.17, 15) is 4.79 Å². The monoisotopic (exact) mass is 252 g/mol. The fraction of sp³-hybridized carbons (Fsp3) is 0.800. The van der Waals surface area contributed by atoms with E-state index < -0.39 is 0 Å². The van der Waals surface area contributed by atoms with Gasteiger partial charge in [-0.3, -0.25) is 4.79 Å². The summed E-state index contributed by atoms with van der Waals surface area (Å²) in [6.45, 7) is 9.83. The van der Waals surface area contributed by atoms with Crippen molar-refractivity contribution in [2.45, 2.75) is 46.5 Å². The van der Waals surface area contributed by atoms with E-state index in [1.807, 2.05) is 0 Å². The van der Waals surface area contributed by atoms with Crippen LogP contribution in [0.25, 0.3) is 0 Å². The molecule has 0 aromatic heterocycles. The van der Waals surface area contributed by atoms with Gasteiger partial charge in [0.15, 0.2) is 0 Å². The van der Waals surface area contributed by atoms with Gasteiger partial charge in [0.25, 0.3) is 0 Å². The van der Waals surface area contributed by atoms with Crippen molar-refractivity contribution in [2.75, 3.05) is 19.6 Å². The Labute approximate surface area is 111 Å². The first-order valence-electron chi connectivity index (χ1n) is 7.14. The molecule has 0 radical (unpaired) electrons. The van der Waals surface area contributed by atoms with Crippen molar-refractivity contribution < 1.29 is 4.79 Å². The summed E-state index contributed by atoms with van der Waals surface area (Å²) in [7, 11) is 0. The van der Waals surface area contributed by atoms with Gasteiger partial charge >= 0.3 is 0 Å². The normalized spacial score (nSPS) is 19.5. The molecule has 104 valence electrons. The molecule has 0 saturated carbocycles. The summed E-state index contributed by atoms with van der Waals surface area (Å²) in [5.74, 6) is 0.721. The Morgan fingerprint density at radius 3 is 2.50 bits per heavy atom. The second-order valence-corrected chi connectivity index (χ2v) is 5.94. The summed E-state index contributed by atoms with van der Waals surface area (Å²) in [6, 6.07) is 0. The van der Waals surface area contributed by atoms with Crippen molar-refractivity contribution in [3.05, 3.63) is 11.6 Å². The summed E-state index contributed by atoms with van der Waals surface area (Å²) < 4.78 is 0. The van der Waals surface area contributed by atoms with E-state index in [4.69, 9.17) is 5.73 Å². The smallest absolute Gasteiger partial charge is 0.220 e. The molecule has 1 unspecified atom stereocenters. The van der Waals surface area contributed by atoms with Crippen LogP contribution in [-0.2, 0) is 4.79 Å². The van der Waals surface area contributed by atoms with Crippen LogP contribution in [0, 0.1) is 11.8 Å². The molecule has 0 aromatic rings. The molecule has 0 bridgehead atoms. The minimum Gasteiger partial charge on any atom is -0.369 e. The first-order valence-corrected chi connectivity index (χ1v) is 7.14. The Hall–Kier alpha value is -0.830. The molecule has 3 nitrogen and oxygen atoms in total. The number of hydrogen-bond donors (Lipinski definition) is 1. The number of carbonyl (C=O) groups excluding carboxylic acids is 1. The van der Waals surface area contributed by atoms with Gasteiger partial charge in [0.2, 0.25) is 5.91 Å². The van der Waals surface area contributed by atoms with Crippen LogP contribution >= 0.6 is 0 Å². The van der Waals surface area contributed by atoms with Crippen LogP contribution in [0.4, 0.5) is 0 Å². The van der Waals surface area contributed by atoms with E-state index in [0.29, 0.717) is 0 Å². The lowest BCUT2D eigenvalue weighted by atomic mass is 9.95. The fourth-order valence-electron chi connectivity index (χ4n) is 2.59. The minimum atomic E-state index is -0.119. The molecule has 1 fully saturated rings. The maximum absolute atomic E-state index is 11.1. The number of allylic oxidation sites excluding steroid dienone is 2. The van der Waals surface area contributed by atoms with Gasteiger partial charge in [-0.2, -0.15) is 0 Å². The molecular formula is C15H28N2O. The summed E-state index contributed by atoms with van der Waals surface area (Å²) in [4.78, 5) is 13.6. The average Bonchev–Trinajstić information content (AvgIpc) is 2.29. The van der Waals surface area contributed by atoms with E-state index in [1.54, 1.807) is 0 Å². The maximum Gasteiger partial charge on any atom is 0.220 e. The third kappa shape index (κ3) is 5.67. The summed E-state index contributed by atoms with van der Waals surface area (Å²) in [6.07, 6.45) is 6.63. The second-order valence-electron chi connectivity index (χ2n) is 5.94. The number of primary amides is 1. The number of nitrogens with zero attached hydrogens (tertiary/aromatic N) is 1. The molecule has 0 spiro atoms. The minimum absolute atomic E-state index is 0.113. The highest BCUT2D eigenvalue weighted by atomic mass is 16.1. The molecule has 2 N–H and O–H groups in total. The molecule has 1 heterocycles. The predicted octanol–water partition coefficient (Wildman–Crippen LogP) is 2.57. The molecule has 1 aliphatic rings. The molecule has 1 saturated heterocycles.